The molecule has 5 rings (SSSR count). The van der Waals surface area contributed by atoms with Gasteiger partial charge in [0.15, 0.2) is 0 Å². The molecule has 0 aliphatic carbocycles. The van der Waals surface area contributed by atoms with E-state index in [0.29, 0.717) is 13.1 Å². The third-order valence-electron chi connectivity index (χ3n) is 5.18. The Hall–Kier alpha value is -2.06. The molecule has 3 aromatic rings. The van der Waals surface area contributed by atoms with Gasteiger partial charge in [-0.15, -0.1) is 11.3 Å². The summed E-state index contributed by atoms with van der Waals surface area (Å²) in [6, 6.07) is 10.4. The third-order valence-corrected chi connectivity index (χ3v) is 6.05. The van der Waals surface area contributed by atoms with Crippen LogP contribution in [-0.4, -0.2) is 65.5 Å². The molecule has 1 N–H and O–H groups in total. The fourth-order valence-corrected chi connectivity index (χ4v) is 4.64. The number of β-amino-alcohol motifs (C(OH)–C–C–N with tert-alkyl or cyclic N) is 1. The van der Waals surface area contributed by atoms with Crippen LogP contribution in [0.2, 0.25) is 0 Å². The molecule has 2 aliphatic rings. The van der Waals surface area contributed by atoms with Crippen molar-refractivity contribution in [1.29, 1.82) is 0 Å². The summed E-state index contributed by atoms with van der Waals surface area (Å²) in [4.78, 5) is 15.3. The first-order valence-corrected chi connectivity index (χ1v) is 10.2. The lowest BCUT2D eigenvalue weighted by atomic mass is 10.0. The molecule has 0 amide bonds. The number of hydrogen-bond donors (Lipinski definition) is 1. The maximum absolute atomic E-state index is 9.81. The Balaban J connectivity index is 1.57. The van der Waals surface area contributed by atoms with E-state index in [-0.39, 0.29) is 6.10 Å². The fraction of sp³-hybridized carbons (Fsp3) is 0.400. The van der Waals surface area contributed by atoms with Gasteiger partial charge in [0.1, 0.15) is 16.5 Å². The number of hydrogen-bond acceptors (Lipinski definition) is 7. The minimum absolute atomic E-state index is 0.267. The maximum atomic E-state index is 9.81. The molecule has 0 saturated carbocycles. The van der Waals surface area contributed by atoms with E-state index in [4.69, 9.17) is 14.7 Å². The van der Waals surface area contributed by atoms with Crippen LogP contribution in [0.15, 0.2) is 35.7 Å². The zero-order valence-corrected chi connectivity index (χ0v) is 15.9. The van der Waals surface area contributed by atoms with Gasteiger partial charge >= 0.3 is 0 Å². The molecule has 0 spiro atoms. The number of nitrogens with zero attached hydrogens (tertiary/aromatic N) is 4. The number of aliphatic hydroxyl groups is 1. The maximum Gasteiger partial charge on any atom is 0.146 e. The molecule has 6 nitrogen and oxygen atoms in total. The second-order valence-electron chi connectivity index (χ2n) is 7.11. The quantitative estimate of drug-likeness (QED) is 0.748. The molecule has 2 fully saturated rings. The summed E-state index contributed by atoms with van der Waals surface area (Å²) in [6.07, 6.45) is -0.267. The van der Waals surface area contributed by atoms with Crippen molar-refractivity contribution >= 4 is 27.4 Å². The van der Waals surface area contributed by atoms with Gasteiger partial charge in [-0.1, -0.05) is 30.3 Å². The summed E-state index contributed by atoms with van der Waals surface area (Å²) in [5, 5.41) is 13.1. The highest BCUT2D eigenvalue weighted by molar-refractivity contribution is 7.17. The van der Waals surface area contributed by atoms with Gasteiger partial charge in [-0.05, 0) is 5.56 Å². The minimum Gasteiger partial charge on any atom is -0.389 e. The molecule has 1 aromatic carbocycles. The number of benzene rings is 1. The second kappa shape index (κ2) is 7.16. The van der Waals surface area contributed by atoms with Gasteiger partial charge in [0.2, 0.25) is 0 Å². The van der Waals surface area contributed by atoms with Crippen LogP contribution in [0.3, 0.4) is 0 Å². The van der Waals surface area contributed by atoms with E-state index in [2.05, 4.69) is 39.4 Å². The number of thiophene rings is 1. The van der Waals surface area contributed by atoms with E-state index >= 15 is 0 Å². The van der Waals surface area contributed by atoms with Crippen LogP contribution in [0, 0.1) is 0 Å². The molecule has 2 aliphatic heterocycles. The number of fused-ring (bicyclic) bond motifs is 1. The van der Waals surface area contributed by atoms with Crippen molar-refractivity contribution in [2.24, 2.45) is 0 Å². The minimum atomic E-state index is -0.267. The van der Waals surface area contributed by atoms with E-state index in [9.17, 15) is 5.11 Å². The van der Waals surface area contributed by atoms with Gasteiger partial charge < -0.3 is 14.7 Å². The van der Waals surface area contributed by atoms with E-state index in [0.717, 1.165) is 54.7 Å². The van der Waals surface area contributed by atoms with E-state index in [1.807, 2.05) is 6.07 Å². The number of aromatic nitrogens is 2. The highest BCUT2D eigenvalue weighted by Crippen LogP contribution is 2.39. The molecule has 27 heavy (non-hydrogen) atoms. The van der Waals surface area contributed by atoms with Gasteiger partial charge in [-0.25, -0.2) is 9.97 Å². The number of rotatable bonds is 4. The SMILES string of the molecule is OC1CN(c2nc(CN3CCOCC3)nc3scc(-c4ccccc4)c23)C1. The summed E-state index contributed by atoms with van der Waals surface area (Å²) in [6.45, 7) is 5.37. The van der Waals surface area contributed by atoms with Crippen molar-refractivity contribution in [1.82, 2.24) is 14.9 Å². The summed E-state index contributed by atoms with van der Waals surface area (Å²) in [7, 11) is 0. The van der Waals surface area contributed by atoms with Crippen LogP contribution in [0.25, 0.3) is 21.3 Å². The standard InChI is InChI=1S/C20H22N4O2S/c25-15-10-24(11-15)19-18-16(14-4-2-1-3-5-14)13-27-20(18)22-17(21-19)12-23-6-8-26-9-7-23/h1-5,13,15,25H,6-12H2. The largest absolute Gasteiger partial charge is 0.389 e. The van der Waals surface area contributed by atoms with Crippen molar-refractivity contribution in [2.75, 3.05) is 44.3 Å². The van der Waals surface area contributed by atoms with Crippen molar-refractivity contribution in [3.8, 4) is 11.1 Å². The molecule has 0 atom stereocenters. The van der Waals surface area contributed by atoms with Gasteiger partial charge in [-0.2, -0.15) is 0 Å². The first kappa shape index (κ1) is 17.1. The second-order valence-corrected chi connectivity index (χ2v) is 7.96. The Morgan fingerprint density at radius 3 is 2.63 bits per heavy atom. The number of anilines is 1. The Bertz CT molecular complexity index is 934. The lowest BCUT2D eigenvalue weighted by Gasteiger charge is -2.37. The van der Waals surface area contributed by atoms with Crippen molar-refractivity contribution in [3.63, 3.8) is 0 Å². The Morgan fingerprint density at radius 2 is 1.89 bits per heavy atom. The molecule has 0 bridgehead atoms. The van der Waals surface area contributed by atoms with Gasteiger partial charge in [-0.3, -0.25) is 4.90 Å². The van der Waals surface area contributed by atoms with Crippen LogP contribution >= 0.6 is 11.3 Å². The normalized spacial score (nSPS) is 18.8. The first-order chi connectivity index (χ1) is 13.3. The Morgan fingerprint density at radius 1 is 1.11 bits per heavy atom. The number of ether oxygens (including phenoxy) is 1. The molecule has 4 heterocycles. The molecule has 2 aromatic heterocycles. The van der Waals surface area contributed by atoms with Gasteiger partial charge in [0.25, 0.3) is 0 Å². The lowest BCUT2D eigenvalue weighted by molar-refractivity contribution is 0.0331. The monoisotopic (exact) mass is 382 g/mol. The summed E-state index contributed by atoms with van der Waals surface area (Å²) >= 11 is 1.67. The van der Waals surface area contributed by atoms with Gasteiger partial charge in [0, 0.05) is 37.1 Å². The zero-order valence-electron chi connectivity index (χ0n) is 15.0. The predicted molar refractivity (Wildman–Crippen MR) is 107 cm³/mol. The highest BCUT2D eigenvalue weighted by atomic mass is 32.1. The topological polar surface area (TPSA) is 61.7 Å². The Labute approximate surface area is 162 Å². The van der Waals surface area contributed by atoms with Gasteiger partial charge in [0.05, 0.1) is 31.2 Å². The third kappa shape index (κ3) is 3.32. The summed E-state index contributed by atoms with van der Waals surface area (Å²) < 4.78 is 5.44. The van der Waals surface area contributed by atoms with E-state index in [1.54, 1.807) is 11.3 Å². The molecular formula is C20H22N4O2S. The molecule has 2 saturated heterocycles. The van der Waals surface area contributed by atoms with E-state index in [1.165, 1.54) is 11.1 Å². The molecule has 7 heteroatoms. The van der Waals surface area contributed by atoms with Crippen LogP contribution in [0.5, 0.6) is 0 Å². The molecular weight excluding hydrogens is 360 g/mol. The van der Waals surface area contributed by atoms with Crippen LogP contribution in [-0.2, 0) is 11.3 Å². The van der Waals surface area contributed by atoms with E-state index < -0.39 is 0 Å². The van der Waals surface area contributed by atoms with Crippen LogP contribution in [0.1, 0.15) is 5.82 Å². The molecule has 140 valence electrons. The van der Waals surface area contributed by atoms with Crippen molar-refractivity contribution in [3.05, 3.63) is 41.5 Å². The number of aliphatic hydroxyl groups excluding tert-OH is 1. The first-order valence-electron chi connectivity index (χ1n) is 9.34. The van der Waals surface area contributed by atoms with Crippen molar-refractivity contribution in [2.45, 2.75) is 12.6 Å². The average Bonchev–Trinajstić information content (AvgIpc) is 3.10. The van der Waals surface area contributed by atoms with Crippen molar-refractivity contribution < 1.29 is 9.84 Å². The highest BCUT2D eigenvalue weighted by Gasteiger charge is 2.29. The smallest absolute Gasteiger partial charge is 0.146 e. The fourth-order valence-electron chi connectivity index (χ4n) is 3.68. The van der Waals surface area contributed by atoms with Crippen LogP contribution < -0.4 is 4.90 Å². The number of morpholine rings is 1. The Kier molecular flexibility index (Phi) is 4.53. The molecule has 0 unspecified atom stereocenters. The summed E-state index contributed by atoms with van der Waals surface area (Å²) in [5.74, 6) is 1.80. The predicted octanol–water partition coefficient (Wildman–Crippen LogP) is 2.37. The van der Waals surface area contributed by atoms with Crippen LogP contribution in [0.4, 0.5) is 5.82 Å². The summed E-state index contributed by atoms with van der Waals surface area (Å²) in [5.41, 5.74) is 2.35. The zero-order chi connectivity index (χ0) is 18.2. The molecule has 0 radical (unpaired) electrons. The lowest BCUT2D eigenvalue weighted by Crippen LogP contribution is -2.51. The average molecular weight is 382 g/mol.